The summed E-state index contributed by atoms with van der Waals surface area (Å²) in [5.41, 5.74) is 1.28. The van der Waals surface area contributed by atoms with Crippen molar-refractivity contribution in [1.29, 1.82) is 0 Å². The van der Waals surface area contributed by atoms with Crippen LogP contribution in [0.1, 0.15) is 18.1 Å². The Morgan fingerprint density at radius 3 is 2.23 bits per heavy atom. The van der Waals surface area contributed by atoms with Crippen LogP contribution in [-0.2, 0) is 16.8 Å². The molecule has 118 valence electrons. The van der Waals surface area contributed by atoms with Gasteiger partial charge in [0.1, 0.15) is 0 Å². The molecule has 22 heavy (non-hydrogen) atoms. The van der Waals surface area contributed by atoms with E-state index >= 15 is 0 Å². The predicted molar refractivity (Wildman–Crippen MR) is 89.8 cm³/mol. The number of benzene rings is 2. The zero-order chi connectivity index (χ0) is 15.8. The zero-order valence-corrected chi connectivity index (χ0v) is 13.3. The molecule has 0 bridgehead atoms. The van der Waals surface area contributed by atoms with Crippen molar-refractivity contribution in [3.8, 4) is 0 Å². The Kier molecular flexibility index (Phi) is 6.13. The van der Waals surface area contributed by atoms with E-state index in [0.717, 1.165) is 12.0 Å². The van der Waals surface area contributed by atoms with Gasteiger partial charge in [0.15, 0.2) is 0 Å². The van der Waals surface area contributed by atoms with E-state index in [0.29, 0.717) is 13.2 Å². The molecule has 0 fully saturated rings. The van der Waals surface area contributed by atoms with Gasteiger partial charge in [0.2, 0.25) is 0 Å². The second-order valence-electron chi connectivity index (χ2n) is 5.86. The first-order valence-corrected chi connectivity index (χ1v) is 7.66. The first-order chi connectivity index (χ1) is 10.6. The summed E-state index contributed by atoms with van der Waals surface area (Å²) in [6.45, 7) is 2.93. The Hall–Kier alpha value is -1.68. The summed E-state index contributed by atoms with van der Waals surface area (Å²) in [5, 5.41) is 14.1. The molecule has 0 amide bonds. The Morgan fingerprint density at radius 2 is 1.64 bits per heavy atom. The minimum Gasteiger partial charge on any atom is -0.384 e. The van der Waals surface area contributed by atoms with Crippen molar-refractivity contribution in [2.24, 2.45) is 0 Å². The third-order valence-corrected chi connectivity index (χ3v) is 3.82. The van der Waals surface area contributed by atoms with Crippen LogP contribution in [-0.4, -0.2) is 31.4 Å². The molecule has 0 saturated carbocycles. The zero-order valence-electron chi connectivity index (χ0n) is 13.3. The summed E-state index contributed by atoms with van der Waals surface area (Å²) in [5.74, 6) is 0. The van der Waals surface area contributed by atoms with Crippen molar-refractivity contribution in [2.75, 3.05) is 20.3 Å². The Bertz CT molecular complexity index is 540. The van der Waals surface area contributed by atoms with Crippen LogP contribution in [0.5, 0.6) is 0 Å². The molecule has 0 aliphatic heterocycles. The third kappa shape index (κ3) is 4.95. The molecule has 0 aliphatic carbocycles. The van der Waals surface area contributed by atoms with Crippen LogP contribution in [0, 0.1) is 0 Å². The van der Waals surface area contributed by atoms with Gasteiger partial charge in [-0.05, 0) is 24.5 Å². The van der Waals surface area contributed by atoms with E-state index in [1.165, 1.54) is 5.56 Å². The second-order valence-corrected chi connectivity index (χ2v) is 5.86. The molecule has 3 heteroatoms. The predicted octanol–water partition coefficient (Wildman–Crippen LogP) is 2.74. The summed E-state index contributed by atoms with van der Waals surface area (Å²) in [6.07, 6.45) is 0.875. The van der Waals surface area contributed by atoms with Gasteiger partial charge >= 0.3 is 0 Å². The number of rotatable bonds is 8. The highest BCUT2D eigenvalue weighted by Crippen LogP contribution is 2.19. The van der Waals surface area contributed by atoms with E-state index in [-0.39, 0.29) is 6.04 Å². The number of nitrogens with one attached hydrogen (secondary N) is 1. The van der Waals surface area contributed by atoms with Gasteiger partial charge < -0.3 is 15.2 Å². The van der Waals surface area contributed by atoms with Gasteiger partial charge in [0.05, 0.1) is 12.2 Å². The molecule has 2 rings (SSSR count). The third-order valence-electron chi connectivity index (χ3n) is 3.82. The average molecular weight is 299 g/mol. The normalized spacial score (nSPS) is 15.2. The van der Waals surface area contributed by atoms with Crippen molar-refractivity contribution in [1.82, 2.24) is 5.32 Å². The lowest BCUT2D eigenvalue weighted by atomic mass is 9.95. The SMILES string of the molecule is COCC(Cc1ccccc1)NCC(C)(O)c1ccccc1. The molecule has 0 heterocycles. The lowest BCUT2D eigenvalue weighted by Crippen LogP contribution is -2.43. The lowest BCUT2D eigenvalue weighted by molar-refractivity contribution is 0.0488. The summed E-state index contributed by atoms with van der Waals surface area (Å²) in [6, 6.07) is 20.2. The maximum absolute atomic E-state index is 10.7. The van der Waals surface area contributed by atoms with Gasteiger partial charge in [-0.2, -0.15) is 0 Å². The van der Waals surface area contributed by atoms with E-state index in [9.17, 15) is 5.11 Å². The smallest absolute Gasteiger partial charge is 0.0992 e. The van der Waals surface area contributed by atoms with Crippen molar-refractivity contribution in [2.45, 2.75) is 25.0 Å². The van der Waals surface area contributed by atoms with Gasteiger partial charge in [-0.1, -0.05) is 60.7 Å². The molecule has 0 spiro atoms. The Balaban J connectivity index is 1.96. The van der Waals surface area contributed by atoms with Crippen LogP contribution in [0.3, 0.4) is 0 Å². The highest BCUT2D eigenvalue weighted by Gasteiger charge is 2.24. The highest BCUT2D eigenvalue weighted by atomic mass is 16.5. The maximum atomic E-state index is 10.7. The van der Waals surface area contributed by atoms with E-state index in [2.05, 4.69) is 17.4 Å². The van der Waals surface area contributed by atoms with E-state index < -0.39 is 5.60 Å². The van der Waals surface area contributed by atoms with Crippen molar-refractivity contribution in [3.05, 3.63) is 71.8 Å². The van der Waals surface area contributed by atoms with E-state index in [1.54, 1.807) is 7.11 Å². The summed E-state index contributed by atoms with van der Waals surface area (Å²) in [4.78, 5) is 0. The molecular weight excluding hydrogens is 274 g/mol. The lowest BCUT2D eigenvalue weighted by Gasteiger charge is -2.27. The fourth-order valence-electron chi connectivity index (χ4n) is 2.53. The number of aliphatic hydroxyl groups is 1. The van der Waals surface area contributed by atoms with Gasteiger partial charge in [-0.25, -0.2) is 0 Å². The summed E-state index contributed by atoms with van der Waals surface area (Å²) < 4.78 is 5.30. The van der Waals surface area contributed by atoms with Crippen LogP contribution >= 0.6 is 0 Å². The quantitative estimate of drug-likeness (QED) is 0.787. The van der Waals surface area contributed by atoms with Crippen molar-refractivity contribution in [3.63, 3.8) is 0 Å². The average Bonchev–Trinajstić information content (AvgIpc) is 2.55. The molecule has 2 aromatic rings. The van der Waals surface area contributed by atoms with Crippen LogP contribution in [0.4, 0.5) is 0 Å². The van der Waals surface area contributed by atoms with E-state index in [1.807, 2.05) is 55.5 Å². The fourth-order valence-corrected chi connectivity index (χ4v) is 2.53. The molecule has 0 radical (unpaired) electrons. The van der Waals surface area contributed by atoms with Crippen LogP contribution in [0.25, 0.3) is 0 Å². The standard InChI is InChI=1S/C19H25NO2/c1-19(21,17-11-7-4-8-12-17)15-20-18(14-22-2)13-16-9-5-3-6-10-16/h3-12,18,20-21H,13-15H2,1-2H3. The molecule has 0 saturated heterocycles. The number of hydrogen-bond acceptors (Lipinski definition) is 3. The van der Waals surface area contributed by atoms with Crippen molar-refractivity contribution >= 4 is 0 Å². The number of hydrogen-bond donors (Lipinski definition) is 2. The number of methoxy groups -OCH3 is 1. The maximum Gasteiger partial charge on any atom is 0.0992 e. The first kappa shape index (κ1) is 16.7. The minimum atomic E-state index is -0.899. The van der Waals surface area contributed by atoms with Crippen LogP contribution < -0.4 is 5.32 Å². The van der Waals surface area contributed by atoms with Crippen LogP contribution in [0.15, 0.2) is 60.7 Å². The Morgan fingerprint density at radius 1 is 1.05 bits per heavy atom. The van der Waals surface area contributed by atoms with Crippen molar-refractivity contribution < 1.29 is 9.84 Å². The monoisotopic (exact) mass is 299 g/mol. The topological polar surface area (TPSA) is 41.5 Å². The van der Waals surface area contributed by atoms with Crippen LogP contribution in [0.2, 0.25) is 0 Å². The van der Waals surface area contributed by atoms with Gasteiger partial charge in [0.25, 0.3) is 0 Å². The fraction of sp³-hybridized carbons (Fsp3) is 0.368. The highest BCUT2D eigenvalue weighted by molar-refractivity contribution is 5.22. The molecule has 2 unspecified atom stereocenters. The summed E-state index contributed by atoms with van der Waals surface area (Å²) in [7, 11) is 1.70. The molecule has 0 aliphatic rings. The molecular formula is C19H25NO2. The number of ether oxygens (including phenoxy) is 1. The largest absolute Gasteiger partial charge is 0.384 e. The molecule has 2 aromatic carbocycles. The van der Waals surface area contributed by atoms with Gasteiger partial charge in [-0.15, -0.1) is 0 Å². The molecule has 0 aromatic heterocycles. The van der Waals surface area contributed by atoms with Gasteiger partial charge in [-0.3, -0.25) is 0 Å². The Labute approximate surface area is 133 Å². The molecule has 3 nitrogen and oxygen atoms in total. The minimum absolute atomic E-state index is 0.169. The second kappa shape index (κ2) is 8.08. The van der Waals surface area contributed by atoms with E-state index in [4.69, 9.17) is 4.74 Å². The molecule has 2 atom stereocenters. The first-order valence-electron chi connectivity index (χ1n) is 7.66. The molecule has 2 N–H and O–H groups in total. The van der Waals surface area contributed by atoms with Gasteiger partial charge in [0, 0.05) is 19.7 Å². The summed E-state index contributed by atoms with van der Waals surface area (Å²) >= 11 is 0.